The molecule has 0 spiro atoms. The molecular weight excluding hydrogens is 260 g/mol. The molecule has 1 heterocycles. The first-order chi connectivity index (χ1) is 9.19. The van der Waals surface area contributed by atoms with E-state index in [-0.39, 0.29) is 0 Å². The highest BCUT2D eigenvalue weighted by Gasteiger charge is 2.48. The van der Waals surface area contributed by atoms with Crippen LogP contribution in [0.2, 0.25) is 0 Å². The van der Waals surface area contributed by atoms with Crippen molar-refractivity contribution in [1.29, 1.82) is 0 Å². The highest BCUT2D eigenvalue weighted by atomic mass is 32.1. The average molecular weight is 278 g/mol. The molecule has 3 nitrogen and oxygen atoms in total. The average Bonchev–Trinajstić information content (AvgIpc) is 3.20. The Hall–Kier alpha value is -1.26. The summed E-state index contributed by atoms with van der Waals surface area (Å²) in [4.78, 5) is 0. The van der Waals surface area contributed by atoms with Crippen LogP contribution < -0.4 is 0 Å². The van der Waals surface area contributed by atoms with Gasteiger partial charge in [0.1, 0.15) is 6.10 Å². The monoisotopic (exact) mass is 278 g/mol. The minimum atomic E-state index is -0.750. The predicted octanol–water partition coefficient (Wildman–Crippen LogP) is 2.84. The first kappa shape index (κ1) is 14.2. The van der Waals surface area contributed by atoms with Gasteiger partial charge in [0.2, 0.25) is 0 Å². The predicted molar refractivity (Wildman–Crippen MR) is 74.9 cm³/mol. The molecule has 0 N–H and O–H groups in total. The second-order valence-corrected chi connectivity index (χ2v) is 5.32. The molecule has 1 fully saturated rings. The van der Waals surface area contributed by atoms with Gasteiger partial charge in [-0.3, -0.25) is 0 Å². The summed E-state index contributed by atoms with van der Waals surface area (Å²) < 4.78 is 22.4. The fourth-order valence-electron chi connectivity index (χ4n) is 2.65. The van der Waals surface area contributed by atoms with Crippen LogP contribution in [0.3, 0.4) is 0 Å². The number of fused-ring (bicyclic) bond motifs is 1. The summed E-state index contributed by atoms with van der Waals surface area (Å²) in [6.07, 6.45) is 4.39. The van der Waals surface area contributed by atoms with E-state index in [1.807, 2.05) is 0 Å². The largest absolute Gasteiger partial charge is 0.364 e. The van der Waals surface area contributed by atoms with Gasteiger partial charge < -0.3 is 4.74 Å². The maximum Gasteiger partial charge on any atom is 0.335 e. The van der Waals surface area contributed by atoms with E-state index in [2.05, 4.69) is 50.3 Å². The van der Waals surface area contributed by atoms with Crippen molar-refractivity contribution >= 4 is 17.1 Å². The fraction of sp³-hybridized carbons (Fsp3) is 0.467. The Balaban J connectivity index is 0.000000408. The minimum Gasteiger partial charge on any atom is -0.364 e. The van der Waals surface area contributed by atoms with E-state index in [0.717, 1.165) is 5.92 Å². The van der Waals surface area contributed by atoms with Crippen molar-refractivity contribution in [3.05, 3.63) is 42.0 Å². The zero-order chi connectivity index (χ0) is 13.8. The second kappa shape index (κ2) is 6.26. The molecule has 3 rings (SSSR count). The first-order valence-electron chi connectivity index (χ1n) is 6.51. The molecule has 0 bridgehead atoms. The second-order valence-electron chi connectivity index (χ2n) is 5.19. The van der Waals surface area contributed by atoms with Crippen LogP contribution >= 0.6 is 0 Å². The third-order valence-electron chi connectivity index (χ3n) is 4.06. The molecule has 1 aliphatic heterocycles. The third kappa shape index (κ3) is 3.19. The van der Waals surface area contributed by atoms with Crippen molar-refractivity contribution in [3.8, 4) is 0 Å². The Morgan fingerprint density at radius 3 is 2.42 bits per heavy atom. The van der Waals surface area contributed by atoms with Crippen LogP contribution in [0.5, 0.6) is 0 Å². The molecule has 0 radical (unpaired) electrons. The highest BCUT2D eigenvalue weighted by Crippen LogP contribution is 2.45. The quantitative estimate of drug-likeness (QED) is 0.742. The molecule has 4 atom stereocenters. The minimum absolute atomic E-state index is 0.363. The molecule has 4 heteroatoms. The van der Waals surface area contributed by atoms with Crippen LogP contribution in [-0.4, -0.2) is 20.6 Å². The molecule has 2 aliphatic rings. The van der Waals surface area contributed by atoms with Crippen LogP contribution in [0.15, 0.2) is 36.4 Å². The Labute approximate surface area is 117 Å². The number of hydrogen-bond acceptors (Lipinski definition) is 3. The van der Waals surface area contributed by atoms with Crippen LogP contribution in [0, 0.1) is 11.8 Å². The summed E-state index contributed by atoms with van der Waals surface area (Å²) in [6, 6.07) is 10.6. The molecule has 0 amide bonds. The van der Waals surface area contributed by atoms with Gasteiger partial charge in [0, 0.05) is 0 Å². The van der Waals surface area contributed by atoms with Crippen molar-refractivity contribution in [3.63, 3.8) is 0 Å². The zero-order valence-corrected chi connectivity index (χ0v) is 11.9. The number of epoxide rings is 1. The van der Waals surface area contributed by atoms with Gasteiger partial charge in [-0.05, 0) is 29.4 Å². The van der Waals surface area contributed by atoms with Gasteiger partial charge in [-0.2, -0.15) is 8.42 Å². The normalized spacial score (nSPS) is 32.0. The summed E-state index contributed by atoms with van der Waals surface area (Å²) >= 11 is -0.750. The van der Waals surface area contributed by atoms with Gasteiger partial charge in [0.25, 0.3) is 0 Å². The lowest BCUT2D eigenvalue weighted by molar-refractivity contribution is 0.274. The Bertz CT molecular complexity index is 491. The molecule has 0 aromatic heterocycles. The van der Waals surface area contributed by atoms with Gasteiger partial charge >= 0.3 is 11.6 Å². The maximum absolute atomic E-state index is 8.29. The lowest BCUT2D eigenvalue weighted by atomic mass is 9.91. The molecule has 102 valence electrons. The number of hydrogen-bond donors (Lipinski definition) is 0. The first-order valence-corrected chi connectivity index (χ1v) is 7.18. The van der Waals surface area contributed by atoms with E-state index >= 15 is 0 Å². The van der Waals surface area contributed by atoms with E-state index in [1.54, 1.807) is 0 Å². The summed E-state index contributed by atoms with van der Waals surface area (Å²) in [5.74, 6) is 1.42. The molecule has 1 aromatic rings. The van der Waals surface area contributed by atoms with Crippen molar-refractivity contribution < 1.29 is 13.2 Å². The van der Waals surface area contributed by atoms with Crippen LogP contribution in [0.25, 0.3) is 5.57 Å². The number of rotatable bonds is 1. The Morgan fingerprint density at radius 2 is 1.79 bits per heavy atom. The zero-order valence-electron chi connectivity index (χ0n) is 11.1. The van der Waals surface area contributed by atoms with Gasteiger partial charge in [-0.15, -0.1) is 0 Å². The molecule has 0 saturated carbocycles. The SMILES string of the molecule is C[C@H]1[C@H]2O[C@H]2C(c2ccccc2)=CC[C@@H]1C.O=S=O. The number of allylic oxidation sites excluding steroid dienone is 1. The number of ether oxygens (including phenoxy) is 1. The summed E-state index contributed by atoms with van der Waals surface area (Å²) in [5.41, 5.74) is 2.73. The lowest BCUT2D eigenvalue weighted by Gasteiger charge is -2.14. The van der Waals surface area contributed by atoms with Crippen molar-refractivity contribution in [2.24, 2.45) is 11.8 Å². The van der Waals surface area contributed by atoms with E-state index < -0.39 is 11.6 Å². The standard InChI is InChI=1S/C15H18O.O2S/c1-10-8-9-13(12-6-4-3-5-7-12)15-14(16-15)11(10)2;1-3-2/h3-7,9-11,14-15H,8H2,1-2H3;/t10-,11+,14+,15-;/m0./s1. The Morgan fingerprint density at radius 1 is 1.16 bits per heavy atom. The van der Waals surface area contributed by atoms with Crippen LogP contribution in [0.1, 0.15) is 25.8 Å². The molecule has 1 aliphatic carbocycles. The fourth-order valence-corrected chi connectivity index (χ4v) is 2.65. The van der Waals surface area contributed by atoms with Gasteiger partial charge in [0.05, 0.1) is 6.10 Å². The topological polar surface area (TPSA) is 46.7 Å². The van der Waals surface area contributed by atoms with Crippen molar-refractivity contribution in [1.82, 2.24) is 0 Å². The third-order valence-corrected chi connectivity index (χ3v) is 4.06. The van der Waals surface area contributed by atoms with E-state index in [9.17, 15) is 0 Å². The summed E-state index contributed by atoms with van der Waals surface area (Å²) in [5, 5.41) is 0. The number of benzene rings is 1. The van der Waals surface area contributed by atoms with Gasteiger partial charge in [-0.1, -0.05) is 50.3 Å². The molecule has 1 saturated heterocycles. The lowest BCUT2D eigenvalue weighted by Crippen LogP contribution is -2.13. The van der Waals surface area contributed by atoms with Crippen molar-refractivity contribution in [2.45, 2.75) is 32.5 Å². The van der Waals surface area contributed by atoms with E-state index in [0.29, 0.717) is 18.1 Å². The molecule has 0 unspecified atom stereocenters. The highest BCUT2D eigenvalue weighted by molar-refractivity contribution is 7.51. The van der Waals surface area contributed by atoms with Gasteiger partial charge in [-0.25, -0.2) is 0 Å². The van der Waals surface area contributed by atoms with Crippen LogP contribution in [-0.2, 0) is 16.3 Å². The molecular formula is C15H18O3S. The molecule has 19 heavy (non-hydrogen) atoms. The van der Waals surface area contributed by atoms with Crippen LogP contribution in [0.4, 0.5) is 0 Å². The molecule has 1 aromatic carbocycles. The Kier molecular flexibility index (Phi) is 4.66. The summed E-state index contributed by atoms with van der Waals surface area (Å²) in [6.45, 7) is 4.64. The smallest absolute Gasteiger partial charge is 0.335 e. The van der Waals surface area contributed by atoms with E-state index in [1.165, 1.54) is 17.6 Å². The van der Waals surface area contributed by atoms with Crippen molar-refractivity contribution in [2.75, 3.05) is 0 Å². The van der Waals surface area contributed by atoms with Gasteiger partial charge in [0.15, 0.2) is 0 Å². The summed E-state index contributed by atoms with van der Waals surface area (Å²) in [7, 11) is 0. The van der Waals surface area contributed by atoms with E-state index in [4.69, 9.17) is 13.2 Å². The maximum atomic E-state index is 8.29.